The summed E-state index contributed by atoms with van der Waals surface area (Å²) in [6, 6.07) is 4.09. The molecule has 0 unspecified atom stereocenters. The number of carbonyl (C=O) groups excluding carboxylic acids is 2. The topological polar surface area (TPSA) is 106 Å². The Balaban J connectivity index is 1.90. The van der Waals surface area contributed by atoms with Crippen molar-refractivity contribution in [1.82, 2.24) is 20.3 Å². The lowest BCUT2D eigenvalue weighted by molar-refractivity contribution is -0.154. The lowest BCUT2D eigenvalue weighted by atomic mass is 10.2. The molecule has 11 heteroatoms. The van der Waals surface area contributed by atoms with Gasteiger partial charge < -0.3 is 15.4 Å². The van der Waals surface area contributed by atoms with E-state index >= 15 is 0 Å². The molecule has 28 heavy (non-hydrogen) atoms. The van der Waals surface area contributed by atoms with Crippen molar-refractivity contribution in [3.8, 4) is 5.88 Å². The standard InChI is InChI=1S/C17H18F3N5O3/c1-10(2)15(26)25-13-5-12(23-9-24-13)16(27)22-7-11-3-4-14(21-6-11)28-8-17(18,19)20/h3-6,9-10H,7-8H2,1-2H3,(H,22,27)(H,23,24,25,26). The highest BCUT2D eigenvalue weighted by Gasteiger charge is 2.28. The molecule has 0 atom stereocenters. The predicted octanol–water partition coefficient (Wildman–Crippen LogP) is 2.34. The normalized spacial score (nSPS) is 11.2. The Labute approximate surface area is 158 Å². The number of pyridine rings is 1. The predicted molar refractivity (Wildman–Crippen MR) is 92.5 cm³/mol. The van der Waals surface area contributed by atoms with Gasteiger partial charge >= 0.3 is 6.18 Å². The number of hydrogen-bond donors (Lipinski definition) is 2. The fourth-order valence-corrected chi connectivity index (χ4v) is 1.85. The van der Waals surface area contributed by atoms with Crippen LogP contribution in [0.2, 0.25) is 0 Å². The van der Waals surface area contributed by atoms with Gasteiger partial charge in [-0.05, 0) is 5.56 Å². The van der Waals surface area contributed by atoms with E-state index in [9.17, 15) is 22.8 Å². The van der Waals surface area contributed by atoms with E-state index in [-0.39, 0.29) is 35.8 Å². The molecule has 0 saturated carbocycles. The molecule has 2 aromatic heterocycles. The van der Waals surface area contributed by atoms with Crippen molar-refractivity contribution in [3.05, 3.63) is 42.0 Å². The zero-order valence-corrected chi connectivity index (χ0v) is 15.1. The Morgan fingerprint density at radius 2 is 1.93 bits per heavy atom. The molecule has 2 N–H and O–H groups in total. The number of hydrogen-bond acceptors (Lipinski definition) is 6. The summed E-state index contributed by atoms with van der Waals surface area (Å²) >= 11 is 0. The minimum atomic E-state index is -4.45. The van der Waals surface area contributed by atoms with Gasteiger partial charge in [0.05, 0.1) is 0 Å². The summed E-state index contributed by atoms with van der Waals surface area (Å²) in [6.45, 7) is 2.08. The van der Waals surface area contributed by atoms with E-state index in [2.05, 4.69) is 30.3 Å². The smallest absolute Gasteiger partial charge is 0.422 e. The number of carbonyl (C=O) groups is 2. The van der Waals surface area contributed by atoms with Gasteiger partial charge in [-0.1, -0.05) is 19.9 Å². The van der Waals surface area contributed by atoms with E-state index < -0.39 is 18.7 Å². The first-order valence-corrected chi connectivity index (χ1v) is 8.19. The summed E-state index contributed by atoms with van der Waals surface area (Å²) < 4.78 is 40.8. The van der Waals surface area contributed by atoms with E-state index in [1.807, 2.05) is 0 Å². The molecule has 8 nitrogen and oxygen atoms in total. The number of halogens is 3. The van der Waals surface area contributed by atoms with Crippen molar-refractivity contribution in [2.24, 2.45) is 5.92 Å². The van der Waals surface area contributed by atoms with Crippen LogP contribution in [-0.2, 0) is 11.3 Å². The second-order valence-electron chi connectivity index (χ2n) is 6.02. The molecule has 2 rings (SSSR count). The molecular formula is C17H18F3N5O3. The van der Waals surface area contributed by atoms with Crippen LogP contribution < -0.4 is 15.4 Å². The highest BCUT2D eigenvalue weighted by atomic mass is 19.4. The lowest BCUT2D eigenvalue weighted by Gasteiger charge is -2.09. The summed E-state index contributed by atoms with van der Waals surface area (Å²) in [5, 5.41) is 5.16. The molecule has 2 aromatic rings. The van der Waals surface area contributed by atoms with Crippen LogP contribution in [0.3, 0.4) is 0 Å². The fourth-order valence-electron chi connectivity index (χ4n) is 1.85. The van der Waals surface area contributed by atoms with E-state index in [1.54, 1.807) is 13.8 Å². The van der Waals surface area contributed by atoms with Gasteiger partial charge in [0.25, 0.3) is 5.91 Å². The molecule has 0 bridgehead atoms. The van der Waals surface area contributed by atoms with Gasteiger partial charge in [0.2, 0.25) is 11.8 Å². The average Bonchev–Trinajstić information content (AvgIpc) is 2.64. The molecule has 150 valence electrons. The summed E-state index contributed by atoms with van der Waals surface area (Å²) in [5.41, 5.74) is 0.599. The van der Waals surface area contributed by atoms with Crippen LogP contribution in [0, 0.1) is 5.92 Å². The third kappa shape index (κ3) is 6.82. The first kappa shape index (κ1) is 21.1. The average molecular weight is 397 g/mol. The minimum absolute atomic E-state index is 0.0483. The molecule has 0 aliphatic heterocycles. The highest BCUT2D eigenvalue weighted by molar-refractivity contribution is 5.95. The van der Waals surface area contributed by atoms with Gasteiger partial charge in [0, 0.05) is 30.8 Å². The van der Waals surface area contributed by atoms with Crippen LogP contribution in [0.1, 0.15) is 29.9 Å². The van der Waals surface area contributed by atoms with Crippen LogP contribution in [-0.4, -0.2) is 39.5 Å². The second kappa shape index (κ2) is 9.11. The van der Waals surface area contributed by atoms with E-state index in [0.29, 0.717) is 5.56 Å². The van der Waals surface area contributed by atoms with Gasteiger partial charge in [-0.15, -0.1) is 0 Å². The maximum atomic E-state index is 12.2. The van der Waals surface area contributed by atoms with E-state index in [4.69, 9.17) is 0 Å². The Morgan fingerprint density at radius 3 is 2.54 bits per heavy atom. The van der Waals surface area contributed by atoms with Gasteiger partial charge in [0.15, 0.2) is 6.61 Å². The molecule has 0 saturated heterocycles. The van der Waals surface area contributed by atoms with Crippen molar-refractivity contribution < 1.29 is 27.5 Å². The monoisotopic (exact) mass is 397 g/mol. The summed E-state index contributed by atoms with van der Waals surface area (Å²) in [5.74, 6) is -0.980. The molecule has 0 aromatic carbocycles. The maximum absolute atomic E-state index is 12.2. The number of nitrogens with one attached hydrogen (secondary N) is 2. The number of anilines is 1. The van der Waals surface area contributed by atoms with Crippen LogP contribution >= 0.6 is 0 Å². The van der Waals surface area contributed by atoms with Gasteiger partial charge in [-0.3, -0.25) is 9.59 Å². The summed E-state index contributed by atoms with van der Waals surface area (Å²) in [6.07, 6.45) is -2.00. The van der Waals surface area contributed by atoms with Crippen LogP contribution in [0.4, 0.5) is 19.0 Å². The van der Waals surface area contributed by atoms with Crippen LogP contribution in [0.15, 0.2) is 30.7 Å². The largest absolute Gasteiger partial charge is 0.468 e. The Bertz CT molecular complexity index is 826. The summed E-state index contributed by atoms with van der Waals surface area (Å²) in [4.78, 5) is 35.3. The quantitative estimate of drug-likeness (QED) is 0.743. The zero-order chi connectivity index (χ0) is 20.7. The van der Waals surface area contributed by atoms with Crippen molar-refractivity contribution in [3.63, 3.8) is 0 Å². The van der Waals surface area contributed by atoms with Crippen molar-refractivity contribution in [1.29, 1.82) is 0 Å². The van der Waals surface area contributed by atoms with E-state index in [0.717, 1.165) is 6.33 Å². The molecule has 2 heterocycles. The highest BCUT2D eigenvalue weighted by Crippen LogP contribution is 2.17. The zero-order valence-electron chi connectivity index (χ0n) is 15.1. The molecule has 0 aliphatic rings. The number of rotatable bonds is 7. The van der Waals surface area contributed by atoms with Crippen molar-refractivity contribution in [2.45, 2.75) is 26.6 Å². The summed E-state index contributed by atoms with van der Waals surface area (Å²) in [7, 11) is 0. The Hall–Kier alpha value is -3.24. The SMILES string of the molecule is CC(C)C(=O)Nc1cc(C(=O)NCc2ccc(OCC(F)(F)F)nc2)ncn1. The van der Waals surface area contributed by atoms with Gasteiger partial charge in [-0.2, -0.15) is 13.2 Å². The molecule has 0 radical (unpaired) electrons. The molecule has 2 amide bonds. The molecular weight excluding hydrogens is 379 g/mol. The fraction of sp³-hybridized carbons (Fsp3) is 0.353. The first-order valence-electron chi connectivity index (χ1n) is 8.19. The third-order valence-corrected chi connectivity index (χ3v) is 3.31. The number of nitrogens with zero attached hydrogens (tertiary/aromatic N) is 3. The van der Waals surface area contributed by atoms with Gasteiger partial charge in [0.1, 0.15) is 17.8 Å². The van der Waals surface area contributed by atoms with Crippen molar-refractivity contribution >= 4 is 17.6 Å². The molecule has 0 fully saturated rings. The first-order chi connectivity index (χ1) is 13.1. The lowest BCUT2D eigenvalue weighted by Crippen LogP contribution is -2.25. The Morgan fingerprint density at radius 1 is 1.18 bits per heavy atom. The van der Waals surface area contributed by atoms with Crippen molar-refractivity contribution in [2.75, 3.05) is 11.9 Å². The number of alkyl halides is 3. The molecule has 0 spiro atoms. The number of aromatic nitrogens is 3. The minimum Gasteiger partial charge on any atom is -0.468 e. The third-order valence-electron chi connectivity index (χ3n) is 3.31. The van der Waals surface area contributed by atoms with Gasteiger partial charge in [-0.25, -0.2) is 15.0 Å². The maximum Gasteiger partial charge on any atom is 0.422 e. The molecule has 0 aliphatic carbocycles. The number of ether oxygens (including phenoxy) is 1. The second-order valence-corrected chi connectivity index (χ2v) is 6.02. The van der Waals surface area contributed by atoms with E-state index in [1.165, 1.54) is 24.4 Å². The van der Waals surface area contributed by atoms with Crippen LogP contribution in [0.25, 0.3) is 0 Å². The number of amides is 2. The van der Waals surface area contributed by atoms with Crippen LogP contribution in [0.5, 0.6) is 5.88 Å². The Kier molecular flexibility index (Phi) is 6.85.